The second-order valence-electron chi connectivity index (χ2n) is 12.3. The Morgan fingerprint density at radius 2 is 1.04 bits per heavy atom. The highest BCUT2D eigenvalue weighted by Crippen LogP contribution is 2.42. The third kappa shape index (κ3) is 35.4. The molecule has 0 aliphatic carbocycles. The lowest BCUT2D eigenvalue weighted by atomic mass is 10.0. The highest BCUT2D eigenvalue weighted by molar-refractivity contribution is 7.47. The van der Waals surface area contributed by atoms with Crippen molar-refractivity contribution >= 4 is 19.8 Å². The van der Waals surface area contributed by atoms with Gasteiger partial charge in [-0.3, -0.25) is 18.6 Å². The molecular formula is C40H69O8P. The zero-order valence-electron chi connectivity index (χ0n) is 31.1. The number of allylic oxidation sites excluding steroid dienone is 10. The number of esters is 2. The second kappa shape index (κ2) is 35.6. The molecule has 0 aromatic carbocycles. The molecule has 1 N–H and O–H groups in total. The maximum absolute atomic E-state index is 12.4. The van der Waals surface area contributed by atoms with Crippen LogP contribution in [0.15, 0.2) is 60.8 Å². The van der Waals surface area contributed by atoms with E-state index >= 15 is 0 Å². The van der Waals surface area contributed by atoms with Crippen molar-refractivity contribution in [3.63, 3.8) is 0 Å². The van der Waals surface area contributed by atoms with Crippen LogP contribution in [0.5, 0.6) is 0 Å². The number of ether oxygens (including phenoxy) is 2. The van der Waals surface area contributed by atoms with E-state index in [9.17, 15) is 19.0 Å². The molecule has 282 valence electrons. The van der Waals surface area contributed by atoms with Crippen LogP contribution in [0.2, 0.25) is 0 Å². The molecule has 0 heterocycles. The molecule has 8 nitrogen and oxygen atoms in total. The summed E-state index contributed by atoms with van der Waals surface area (Å²) < 4.78 is 31.8. The van der Waals surface area contributed by atoms with E-state index in [2.05, 4.69) is 73.1 Å². The van der Waals surface area contributed by atoms with Crippen molar-refractivity contribution in [2.75, 3.05) is 20.3 Å². The molecule has 49 heavy (non-hydrogen) atoms. The molecule has 2 atom stereocenters. The maximum Gasteiger partial charge on any atom is 0.472 e. The Morgan fingerprint density at radius 1 is 0.592 bits per heavy atom. The highest BCUT2D eigenvalue weighted by Gasteiger charge is 2.24. The lowest BCUT2D eigenvalue weighted by Crippen LogP contribution is -2.29. The van der Waals surface area contributed by atoms with E-state index in [-0.39, 0.29) is 25.4 Å². The summed E-state index contributed by atoms with van der Waals surface area (Å²) in [5.41, 5.74) is 0. The quantitative estimate of drug-likeness (QED) is 0.0304. The van der Waals surface area contributed by atoms with Crippen molar-refractivity contribution in [3.8, 4) is 0 Å². The molecule has 0 saturated heterocycles. The van der Waals surface area contributed by atoms with Gasteiger partial charge < -0.3 is 14.4 Å². The first-order valence-corrected chi connectivity index (χ1v) is 20.5. The number of unbranched alkanes of at least 4 members (excludes halogenated alkanes) is 13. The van der Waals surface area contributed by atoms with Crippen molar-refractivity contribution in [2.45, 2.75) is 161 Å². The molecule has 9 heteroatoms. The summed E-state index contributed by atoms with van der Waals surface area (Å²) in [6.07, 6.45) is 42.8. The summed E-state index contributed by atoms with van der Waals surface area (Å²) in [5.74, 6) is -0.875. The van der Waals surface area contributed by atoms with Crippen LogP contribution in [0.3, 0.4) is 0 Å². The van der Waals surface area contributed by atoms with E-state index in [0.717, 1.165) is 58.5 Å². The number of carbonyl (C=O) groups excluding carboxylic acids is 2. The molecule has 0 aromatic heterocycles. The van der Waals surface area contributed by atoms with Crippen LogP contribution in [0.25, 0.3) is 0 Å². The second-order valence-corrected chi connectivity index (χ2v) is 13.9. The summed E-state index contributed by atoms with van der Waals surface area (Å²) >= 11 is 0. The average Bonchev–Trinajstić information content (AvgIpc) is 3.09. The SMILES string of the molecule is CC/C=C\C/C=C\C/C=C\C/C=C\C/C=C\CCCC(=O)OC(COC(=O)CCCCCCCCCCCCCCC)COP(=O)(O)OC. The van der Waals surface area contributed by atoms with E-state index in [1.54, 1.807) is 0 Å². The Bertz CT molecular complexity index is 985. The Balaban J connectivity index is 4.18. The van der Waals surface area contributed by atoms with Crippen molar-refractivity contribution < 1.29 is 37.6 Å². The standard InChI is InChI=1S/C40H69O8P/c1-4-6-8-10-12-14-16-18-19-20-21-23-25-27-29-31-33-35-40(42)48-38(37-47-49(43,44)45-3)36-46-39(41)34-32-30-28-26-24-22-17-15-13-11-9-7-5-2/h6,8,12,14,18-19,21,23,27,29,38H,4-5,7,9-11,13,15-17,20,22,24-26,28,30-37H2,1-3H3,(H,43,44)/b8-6-,14-12-,19-18-,23-21-,29-27-. The van der Waals surface area contributed by atoms with Gasteiger partial charge >= 0.3 is 19.8 Å². The van der Waals surface area contributed by atoms with Crippen molar-refractivity contribution in [1.29, 1.82) is 0 Å². The van der Waals surface area contributed by atoms with Gasteiger partial charge in [0.2, 0.25) is 0 Å². The Hall–Kier alpha value is -2.25. The maximum atomic E-state index is 12.4. The van der Waals surface area contributed by atoms with Crippen LogP contribution in [-0.4, -0.2) is 43.3 Å². The van der Waals surface area contributed by atoms with Crippen molar-refractivity contribution in [1.82, 2.24) is 0 Å². The first-order valence-electron chi connectivity index (χ1n) is 19.0. The van der Waals surface area contributed by atoms with E-state index in [0.29, 0.717) is 12.8 Å². The van der Waals surface area contributed by atoms with Crippen LogP contribution >= 0.6 is 7.82 Å². The number of carbonyl (C=O) groups is 2. The van der Waals surface area contributed by atoms with Crippen LogP contribution in [-0.2, 0) is 32.7 Å². The summed E-state index contributed by atoms with van der Waals surface area (Å²) in [5, 5.41) is 0. The van der Waals surface area contributed by atoms with Crippen LogP contribution in [0.4, 0.5) is 0 Å². The topological polar surface area (TPSA) is 108 Å². The number of rotatable bonds is 34. The zero-order chi connectivity index (χ0) is 36.1. The van der Waals surface area contributed by atoms with Gasteiger partial charge in [-0.05, 0) is 51.4 Å². The third-order valence-electron chi connectivity index (χ3n) is 7.78. The molecule has 0 rings (SSSR count). The molecule has 0 saturated carbocycles. The molecular weight excluding hydrogens is 639 g/mol. The molecule has 0 spiro atoms. The van der Waals surface area contributed by atoms with E-state index in [1.165, 1.54) is 64.2 Å². The summed E-state index contributed by atoms with van der Waals surface area (Å²) in [6, 6.07) is 0. The number of hydrogen-bond acceptors (Lipinski definition) is 7. The Labute approximate surface area is 299 Å². The lowest BCUT2D eigenvalue weighted by molar-refractivity contribution is -0.161. The van der Waals surface area contributed by atoms with Gasteiger partial charge in [0, 0.05) is 20.0 Å². The minimum Gasteiger partial charge on any atom is -0.462 e. The first kappa shape index (κ1) is 46.8. The largest absolute Gasteiger partial charge is 0.472 e. The monoisotopic (exact) mass is 708 g/mol. The van der Waals surface area contributed by atoms with Gasteiger partial charge in [0.1, 0.15) is 6.61 Å². The normalized spacial score (nSPS) is 14.1. The predicted molar refractivity (Wildman–Crippen MR) is 202 cm³/mol. The molecule has 0 fully saturated rings. The number of hydrogen-bond donors (Lipinski definition) is 1. The third-order valence-corrected chi connectivity index (χ3v) is 8.71. The van der Waals surface area contributed by atoms with Crippen LogP contribution in [0.1, 0.15) is 155 Å². The fourth-order valence-electron chi connectivity index (χ4n) is 4.87. The van der Waals surface area contributed by atoms with E-state index in [1.807, 2.05) is 6.08 Å². The fraction of sp³-hybridized carbons (Fsp3) is 0.700. The molecule has 0 bridgehead atoms. The first-order chi connectivity index (χ1) is 23.8. The van der Waals surface area contributed by atoms with Gasteiger partial charge in [0.05, 0.1) is 6.61 Å². The van der Waals surface area contributed by atoms with Crippen LogP contribution in [0, 0.1) is 0 Å². The molecule has 0 aliphatic rings. The summed E-state index contributed by atoms with van der Waals surface area (Å²) in [4.78, 5) is 34.3. The van der Waals surface area contributed by atoms with Crippen molar-refractivity contribution in [2.24, 2.45) is 0 Å². The van der Waals surface area contributed by atoms with Gasteiger partial charge in [0.25, 0.3) is 0 Å². The van der Waals surface area contributed by atoms with Gasteiger partial charge in [0.15, 0.2) is 6.10 Å². The summed E-state index contributed by atoms with van der Waals surface area (Å²) in [6.45, 7) is 3.71. The highest BCUT2D eigenvalue weighted by atomic mass is 31.2. The van der Waals surface area contributed by atoms with Gasteiger partial charge in [-0.25, -0.2) is 4.57 Å². The minimum atomic E-state index is -4.27. The smallest absolute Gasteiger partial charge is 0.462 e. The molecule has 0 amide bonds. The zero-order valence-corrected chi connectivity index (χ0v) is 32.0. The number of phosphoric ester groups is 1. The Kier molecular flexibility index (Phi) is 33.9. The molecule has 0 aromatic rings. The minimum absolute atomic E-state index is 0.165. The molecule has 2 unspecified atom stereocenters. The van der Waals surface area contributed by atoms with E-state index in [4.69, 9.17) is 14.0 Å². The Morgan fingerprint density at radius 3 is 1.53 bits per heavy atom. The lowest BCUT2D eigenvalue weighted by Gasteiger charge is -2.19. The number of phosphoric acid groups is 1. The average molecular weight is 709 g/mol. The van der Waals surface area contributed by atoms with Gasteiger partial charge in [-0.15, -0.1) is 0 Å². The fourth-order valence-corrected chi connectivity index (χ4v) is 5.33. The predicted octanol–water partition coefficient (Wildman–Crippen LogP) is 11.6. The molecule has 0 radical (unpaired) electrons. The molecule has 0 aliphatic heterocycles. The van der Waals surface area contributed by atoms with E-state index < -0.39 is 26.5 Å². The van der Waals surface area contributed by atoms with Gasteiger partial charge in [-0.2, -0.15) is 0 Å². The summed E-state index contributed by atoms with van der Waals surface area (Å²) in [7, 11) is -3.23. The van der Waals surface area contributed by atoms with Crippen LogP contribution < -0.4 is 0 Å². The van der Waals surface area contributed by atoms with Crippen molar-refractivity contribution in [3.05, 3.63) is 60.8 Å². The van der Waals surface area contributed by atoms with Gasteiger partial charge in [-0.1, -0.05) is 152 Å².